The largest absolute Gasteiger partial charge is 0.534 e. The maximum Gasteiger partial charge on any atom is 0.534 e. The number of halogens is 4. The molecule has 5 rings (SSSR count). The van der Waals surface area contributed by atoms with E-state index in [1.54, 1.807) is 29.1 Å². The Balaban J connectivity index is 1.80. The molecule has 0 aliphatic carbocycles. The summed E-state index contributed by atoms with van der Waals surface area (Å²) in [7, 11) is -5.83. The van der Waals surface area contributed by atoms with Gasteiger partial charge in [-0.15, -0.1) is 10.2 Å². The van der Waals surface area contributed by atoms with Crippen molar-refractivity contribution < 1.29 is 25.8 Å². The van der Waals surface area contributed by atoms with Crippen LogP contribution in [-0.4, -0.2) is 38.2 Å². The molecule has 0 spiro atoms. The van der Waals surface area contributed by atoms with Gasteiger partial charge in [0.15, 0.2) is 5.82 Å². The number of hydrogen-bond donors (Lipinski definition) is 0. The molecule has 1 atom stereocenters. The first kappa shape index (κ1) is 20.8. The Morgan fingerprint density at radius 1 is 1.22 bits per heavy atom. The van der Waals surface area contributed by atoms with E-state index in [0.717, 1.165) is 6.07 Å². The van der Waals surface area contributed by atoms with Gasteiger partial charge in [-0.1, -0.05) is 24.6 Å². The molecule has 0 saturated heterocycles. The van der Waals surface area contributed by atoms with Gasteiger partial charge >= 0.3 is 15.6 Å². The fourth-order valence-electron chi connectivity index (χ4n) is 3.85. The maximum atomic E-state index is 12.8. The predicted octanol–water partition coefficient (Wildman–Crippen LogP) is 4.48. The standard InChI is InChI=1S/C19H13ClF3N5O3S/c1-2-14-18-25-13-7-6-10(31-32(29,30)19(21,22)23)8-15(13)28(18)16-11(4-3-5-12(16)20)17-26-24-9-27(14)17/h3-9,14H,2H2,1H3. The van der Waals surface area contributed by atoms with E-state index in [1.165, 1.54) is 12.1 Å². The van der Waals surface area contributed by atoms with Crippen LogP contribution >= 0.6 is 11.6 Å². The average Bonchev–Trinajstić information content (AvgIpc) is 3.30. The maximum absolute atomic E-state index is 12.8. The van der Waals surface area contributed by atoms with Crippen molar-refractivity contribution in [3.8, 4) is 22.8 Å². The highest BCUT2D eigenvalue weighted by atomic mass is 35.5. The Bertz CT molecular complexity index is 1480. The summed E-state index contributed by atoms with van der Waals surface area (Å²) in [5.74, 6) is 0.606. The molecule has 8 nitrogen and oxygen atoms in total. The number of alkyl halides is 3. The molecule has 0 N–H and O–H groups in total. The average molecular weight is 484 g/mol. The minimum atomic E-state index is -5.83. The second-order valence-electron chi connectivity index (χ2n) is 7.06. The minimum Gasteiger partial charge on any atom is -0.376 e. The van der Waals surface area contributed by atoms with Crippen LogP contribution in [0, 0.1) is 0 Å². The summed E-state index contributed by atoms with van der Waals surface area (Å²) >= 11 is 6.55. The SMILES string of the molecule is CCC1c2nc3ccc(OS(=O)(=O)C(F)(F)F)cc3n2-c2c(Cl)cccc2-c2nncn21. The van der Waals surface area contributed by atoms with Gasteiger partial charge in [0, 0.05) is 11.6 Å². The molecule has 0 fully saturated rings. The summed E-state index contributed by atoms with van der Waals surface area (Å²) in [6.45, 7) is 1.94. The van der Waals surface area contributed by atoms with E-state index in [2.05, 4.69) is 19.4 Å². The van der Waals surface area contributed by atoms with Crippen molar-refractivity contribution in [1.29, 1.82) is 0 Å². The van der Waals surface area contributed by atoms with Gasteiger partial charge in [0.25, 0.3) is 0 Å². The van der Waals surface area contributed by atoms with Crippen LogP contribution < -0.4 is 4.18 Å². The lowest BCUT2D eigenvalue weighted by atomic mass is 10.1. The van der Waals surface area contributed by atoms with Crippen LogP contribution in [0.2, 0.25) is 5.02 Å². The molecule has 0 saturated carbocycles. The zero-order valence-electron chi connectivity index (χ0n) is 16.2. The number of hydrogen-bond acceptors (Lipinski definition) is 6. The van der Waals surface area contributed by atoms with Crippen LogP contribution in [0.4, 0.5) is 13.2 Å². The van der Waals surface area contributed by atoms with Crippen molar-refractivity contribution >= 4 is 32.8 Å². The van der Waals surface area contributed by atoms with Crippen molar-refractivity contribution in [2.45, 2.75) is 24.9 Å². The molecule has 166 valence electrons. The zero-order valence-corrected chi connectivity index (χ0v) is 17.8. The summed E-state index contributed by atoms with van der Waals surface area (Å²) in [6.07, 6.45) is 2.18. The molecule has 0 bridgehead atoms. The molecular weight excluding hydrogens is 471 g/mol. The Labute approximate surface area is 184 Å². The number of aromatic nitrogens is 5. The van der Waals surface area contributed by atoms with Crippen LogP contribution in [0.3, 0.4) is 0 Å². The van der Waals surface area contributed by atoms with Crippen LogP contribution in [0.15, 0.2) is 42.7 Å². The van der Waals surface area contributed by atoms with E-state index in [4.69, 9.17) is 11.6 Å². The van der Waals surface area contributed by atoms with Gasteiger partial charge in [-0.05, 0) is 30.7 Å². The number of para-hydroxylation sites is 1. The van der Waals surface area contributed by atoms with Crippen molar-refractivity contribution in [2.75, 3.05) is 0 Å². The monoisotopic (exact) mass is 483 g/mol. The smallest absolute Gasteiger partial charge is 0.376 e. The van der Waals surface area contributed by atoms with Crippen molar-refractivity contribution in [2.24, 2.45) is 0 Å². The zero-order chi connectivity index (χ0) is 22.8. The Morgan fingerprint density at radius 2 is 2.00 bits per heavy atom. The van der Waals surface area contributed by atoms with Crippen LogP contribution in [0.25, 0.3) is 28.1 Å². The quantitative estimate of drug-likeness (QED) is 0.315. The molecule has 1 aliphatic heterocycles. The minimum absolute atomic E-state index is 0.306. The predicted molar refractivity (Wildman–Crippen MR) is 109 cm³/mol. The third kappa shape index (κ3) is 2.97. The lowest BCUT2D eigenvalue weighted by Gasteiger charge is -2.16. The molecule has 1 unspecified atom stereocenters. The molecule has 2 aromatic heterocycles. The summed E-state index contributed by atoms with van der Waals surface area (Å²) < 4.78 is 69.3. The van der Waals surface area contributed by atoms with Gasteiger partial charge < -0.3 is 8.75 Å². The van der Waals surface area contributed by atoms with Crippen LogP contribution in [-0.2, 0) is 10.1 Å². The van der Waals surface area contributed by atoms with E-state index in [9.17, 15) is 21.6 Å². The summed E-state index contributed by atoms with van der Waals surface area (Å²) in [6, 6.07) is 8.61. The number of nitrogens with zero attached hydrogens (tertiary/aromatic N) is 5. The van der Waals surface area contributed by atoms with Gasteiger partial charge in [0.05, 0.1) is 27.8 Å². The van der Waals surface area contributed by atoms with Crippen molar-refractivity contribution in [1.82, 2.24) is 24.3 Å². The first-order valence-corrected chi connectivity index (χ1v) is 11.1. The first-order valence-electron chi connectivity index (χ1n) is 9.34. The summed E-state index contributed by atoms with van der Waals surface area (Å²) in [5.41, 5.74) is -3.64. The van der Waals surface area contributed by atoms with Gasteiger partial charge in [0.1, 0.15) is 17.9 Å². The van der Waals surface area contributed by atoms with Gasteiger partial charge in [-0.3, -0.25) is 4.57 Å². The third-order valence-corrected chi connectivity index (χ3v) is 6.47. The first-order chi connectivity index (χ1) is 15.1. The topological polar surface area (TPSA) is 91.9 Å². The molecule has 0 radical (unpaired) electrons. The fraction of sp³-hybridized carbons (Fsp3) is 0.211. The molecule has 13 heteroatoms. The summed E-state index contributed by atoms with van der Waals surface area (Å²) in [5, 5.41) is 8.58. The van der Waals surface area contributed by atoms with Crippen LogP contribution in [0.1, 0.15) is 25.2 Å². The normalized spacial score (nSPS) is 15.7. The van der Waals surface area contributed by atoms with E-state index >= 15 is 0 Å². The lowest BCUT2D eigenvalue weighted by molar-refractivity contribution is -0.0500. The molecule has 2 aromatic carbocycles. The van der Waals surface area contributed by atoms with Crippen molar-refractivity contribution in [3.05, 3.63) is 53.6 Å². The Kier molecular flexibility index (Phi) is 4.50. The molecule has 32 heavy (non-hydrogen) atoms. The highest BCUT2D eigenvalue weighted by Crippen LogP contribution is 2.42. The summed E-state index contributed by atoms with van der Waals surface area (Å²) in [4.78, 5) is 4.67. The number of imidazole rings is 1. The Morgan fingerprint density at radius 3 is 2.72 bits per heavy atom. The van der Waals surface area contributed by atoms with Gasteiger partial charge in [-0.25, -0.2) is 4.98 Å². The number of fused-ring (bicyclic) bond motifs is 7. The third-order valence-electron chi connectivity index (χ3n) is 5.19. The Hall–Kier alpha value is -3.12. The van der Waals surface area contributed by atoms with E-state index in [0.29, 0.717) is 45.4 Å². The molecule has 4 aromatic rings. The molecular formula is C19H13ClF3N5O3S. The highest BCUT2D eigenvalue weighted by molar-refractivity contribution is 7.88. The number of rotatable bonds is 3. The fourth-order valence-corrected chi connectivity index (χ4v) is 4.56. The number of benzene rings is 2. The highest BCUT2D eigenvalue weighted by Gasteiger charge is 2.48. The van der Waals surface area contributed by atoms with E-state index in [1.807, 2.05) is 11.5 Å². The van der Waals surface area contributed by atoms with Gasteiger partial charge in [-0.2, -0.15) is 21.6 Å². The van der Waals surface area contributed by atoms with E-state index < -0.39 is 21.4 Å². The lowest BCUT2D eigenvalue weighted by Crippen LogP contribution is -2.28. The van der Waals surface area contributed by atoms with Crippen LogP contribution in [0.5, 0.6) is 5.75 Å². The second-order valence-corrected chi connectivity index (χ2v) is 9.01. The second kappa shape index (κ2) is 6.94. The molecule has 0 amide bonds. The molecule has 3 heterocycles. The van der Waals surface area contributed by atoms with E-state index in [-0.39, 0.29) is 6.04 Å². The van der Waals surface area contributed by atoms with Crippen molar-refractivity contribution in [3.63, 3.8) is 0 Å². The van der Waals surface area contributed by atoms with Gasteiger partial charge in [0.2, 0.25) is 0 Å². The molecule has 1 aliphatic rings.